The van der Waals surface area contributed by atoms with E-state index < -0.39 is 24.1 Å². The van der Waals surface area contributed by atoms with Crippen molar-refractivity contribution in [1.82, 2.24) is 0 Å². The lowest BCUT2D eigenvalue weighted by molar-refractivity contribution is -0.146. The van der Waals surface area contributed by atoms with Crippen LogP contribution < -0.4 is 0 Å². The Kier molecular flexibility index (Phi) is 10.3. The molecular weight excluding hydrogens is 580 g/mol. The maximum Gasteiger partial charge on any atom is 0.334 e. The normalized spacial score (nSPS) is 37.4. The molecule has 0 bridgehead atoms. The second-order valence-corrected chi connectivity index (χ2v) is 13.4. The van der Waals surface area contributed by atoms with Crippen molar-refractivity contribution >= 4 is 23.9 Å². The Labute approximate surface area is 264 Å². The van der Waals surface area contributed by atoms with Crippen LogP contribution in [-0.4, -0.2) is 72.2 Å². The van der Waals surface area contributed by atoms with Gasteiger partial charge in [0.1, 0.15) is 31.5 Å². The highest BCUT2D eigenvalue weighted by molar-refractivity contribution is 5.91. The molecule has 1 N–H and O–H groups in total. The first-order valence-corrected chi connectivity index (χ1v) is 16.3. The average molecular weight is 627 g/mol. The number of epoxide rings is 1. The molecule has 3 saturated heterocycles. The summed E-state index contributed by atoms with van der Waals surface area (Å²) >= 11 is 0. The smallest absolute Gasteiger partial charge is 0.334 e. The summed E-state index contributed by atoms with van der Waals surface area (Å²) in [4.78, 5) is 49.3. The molecule has 0 saturated carbocycles. The molecule has 0 unspecified atom stereocenters. The maximum absolute atomic E-state index is 12.5. The number of esters is 4. The Balaban J connectivity index is 1.03. The van der Waals surface area contributed by atoms with E-state index in [2.05, 4.69) is 19.2 Å². The van der Waals surface area contributed by atoms with Crippen molar-refractivity contribution in [2.75, 3.05) is 13.2 Å². The van der Waals surface area contributed by atoms with E-state index in [9.17, 15) is 24.3 Å². The fourth-order valence-corrected chi connectivity index (χ4v) is 7.02. The third-order valence-corrected chi connectivity index (χ3v) is 10.1. The maximum atomic E-state index is 12.5. The molecule has 0 radical (unpaired) electrons. The summed E-state index contributed by atoms with van der Waals surface area (Å²) in [5.74, 6) is -2.04. The second-order valence-electron chi connectivity index (χ2n) is 13.4. The van der Waals surface area contributed by atoms with E-state index in [1.54, 1.807) is 0 Å². The number of ether oxygens (including phenoxy) is 5. The van der Waals surface area contributed by atoms with Gasteiger partial charge in [-0.3, -0.25) is 9.59 Å². The summed E-state index contributed by atoms with van der Waals surface area (Å²) < 4.78 is 28.0. The van der Waals surface area contributed by atoms with Crippen LogP contribution in [0.25, 0.3) is 0 Å². The fraction of sp³-hybridized carbons (Fsp3) is 0.657. The van der Waals surface area contributed by atoms with Gasteiger partial charge in [-0.1, -0.05) is 32.2 Å². The molecule has 3 fully saturated rings. The summed E-state index contributed by atoms with van der Waals surface area (Å²) in [5.41, 5.74) is 2.48. The summed E-state index contributed by atoms with van der Waals surface area (Å²) in [5, 5.41) is 10.7. The number of allylic oxidation sites excluding steroid dienone is 2. The summed E-state index contributed by atoms with van der Waals surface area (Å²) in [7, 11) is 0. The van der Waals surface area contributed by atoms with Gasteiger partial charge < -0.3 is 28.8 Å². The number of carbonyl (C=O) groups excluding carboxylic acids is 4. The first-order valence-electron chi connectivity index (χ1n) is 16.3. The number of fused-ring (bicyclic) bond motifs is 4. The van der Waals surface area contributed by atoms with E-state index in [0.717, 1.165) is 30.4 Å². The average Bonchev–Trinajstić information content (AvgIpc) is 3.48. The largest absolute Gasteiger partial charge is 0.461 e. The second kappa shape index (κ2) is 14.0. The molecule has 45 heavy (non-hydrogen) atoms. The lowest BCUT2D eigenvalue weighted by Crippen LogP contribution is -2.37. The van der Waals surface area contributed by atoms with Gasteiger partial charge in [0.2, 0.25) is 0 Å². The van der Waals surface area contributed by atoms with E-state index in [0.29, 0.717) is 49.7 Å². The van der Waals surface area contributed by atoms with Gasteiger partial charge in [0.15, 0.2) is 0 Å². The molecule has 3 aliphatic heterocycles. The van der Waals surface area contributed by atoms with Gasteiger partial charge in [0.25, 0.3) is 0 Å². The molecule has 10 heteroatoms. The van der Waals surface area contributed by atoms with Crippen molar-refractivity contribution in [3.05, 3.63) is 47.6 Å². The summed E-state index contributed by atoms with van der Waals surface area (Å²) in [6.07, 6.45) is 8.38. The lowest BCUT2D eigenvalue weighted by atomic mass is 9.82. The molecule has 3 heterocycles. The number of hydrogen-bond donors (Lipinski definition) is 1. The molecule has 5 aliphatic rings. The van der Waals surface area contributed by atoms with Crippen LogP contribution in [0.2, 0.25) is 0 Å². The fourth-order valence-electron chi connectivity index (χ4n) is 7.02. The van der Waals surface area contributed by atoms with Gasteiger partial charge in [-0.2, -0.15) is 0 Å². The van der Waals surface area contributed by atoms with E-state index in [-0.39, 0.29) is 73.6 Å². The van der Waals surface area contributed by atoms with E-state index in [4.69, 9.17) is 23.7 Å². The number of carbonyl (C=O) groups is 4. The van der Waals surface area contributed by atoms with Crippen LogP contribution in [0.5, 0.6) is 0 Å². The van der Waals surface area contributed by atoms with E-state index in [1.807, 2.05) is 19.9 Å². The Bertz CT molecular complexity index is 1280. The number of rotatable bonds is 8. The highest BCUT2D eigenvalue weighted by atomic mass is 16.6. The zero-order valence-electron chi connectivity index (χ0n) is 26.4. The quantitative estimate of drug-likeness (QED) is 0.134. The molecular formula is C35H46O10. The van der Waals surface area contributed by atoms with Crippen molar-refractivity contribution in [1.29, 1.82) is 0 Å². The predicted molar refractivity (Wildman–Crippen MR) is 162 cm³/mol. The summed E-state index contributed by atoms with van der Waals surface area (Å²) in [6.45, 7) is 12.1. The number of hydrogen-bond acceptors (Lipinski definition) is 10. The van der Waals surface area contributed by atoms with Crippen LogP contribution in [0.4, 0.5) is 0 Å². The zero-order valence-corrected chi connectivity index (χ0v) is 26.4. The molecule has 0 aromatic rings. The predicted octanol–water partition coefficient (Wildman–Crippen LogP) is 4.59. The highest BCUT2D eigenvalue weighted by Gasteiger charge is 2.61. The first kappa shape index (κ1) is 33.1. The van der Waals surface area contributed by atoms with Crippen LogP contribution in [0.1, 0.15) is 84.5 Å². The minimum atomic E-state index is -0.744. The van der Waals surface area contributed by atoms with Crippen LogP contribution >= 0.6 is 0 Å². The Morgan fingerprint density at radius 2 is 1.42 bits per heavy atom. The molecule has 0 aromatic heterocycles. The van der Waals surface area contributed by atoms with Gasteiger partial charge >= 0.3 is 23.9 Å². The third kappa shape index (κ3) is 7.77. The Hall–Kier alpha value is -3.24. The van der Waals surface area contributed by atoms with Gasteiger partial charge in [-0.05, 0) is 81.8 Å². The highest BCUT2D eigenvalue weighted by Crippen LogP contribution is 2.49. The van der Waals surface area contributed by atoms with Crippen molar-refractivity contribution in [2.24, 2.45) is 17.8 Å². The molecule has 0 aromatic carbocycles. The van der Waals surface area contributed by atoms with Crippen molar-refractivity contribution in [2.45, 2.75) is 114 Å². The van der Waals surface area contributed by atoms with Crippen LogP contribution in [0.15, 0.2) is 47.6 Å². The number of aliphatic hydroxyl groups excluding tert-OH is 1. The Morgan fingerprint density at radius 1 is 0.889 bits per heavy atom. The van der Waals surface area contributed by atoms with Gasteiger partial charge in [0, 0.05) is 35.8 Å². The van der Waals surface area contributed by atoms with Gasteiger partial charge in [-0.15, -0.1) is 0 Å². The minimum absolute atomic E-state index is 0.0602. The van der Waals surface area contributed by atoms with Crippen LogP contribution in [-0.2, 0) is 42.9 Å². The van der Waals surface area contributed by atoms with Crippen LogP contribution in [0, 0.1) is 17.8 Å². The van der Waals surface area contributed by atoms with Gasteiger partial charge in [-0.25, -0.2) is 9.59 Å². The van der Waals surface area contributed by atoms with Crippen molar-refractivity contribution in [3.63, 3.8) is 0 Å². The SMILES string of the molecule is C=C1C(=O)O[C@@H]2[C@H](O)[C@@H](C)CC/C=C(/COC(=O)CCCC(=O)OC/C3=C/CC[C@@]4(C)O[C@H]4[C@H]4OC(=O)C(=C)[C@@H]4CC3)CC[C@@H]12. The molecule has 8 atom stereocenters. The van der Waals surface area contributed by atoms with Crippen molar-refractivity contribution in [3.8, 4) is 0 Å². The molecule has 2 aliphatic carbocycles. The number of aliphatic hydroxyl groups is 1. The monoisotopic (exact) mass is 626 g/mol. The molecule has 5 rings (SSSR count). The van der Waals surface area contributed by atoms with E-state index >= 15 is 0 Å². The van der Waals surface area contributed by atoms with Gasteiger partial charge in [0.05, 0.1) is 11.7 Å². The standard InChI is InChI=1S/C35H46O10/c1-20-8-5-9-23(13-15-25-21(2)33(39)43-30(25)29(20)38)18-41-27(36)11-6-12-28(37)42-19-24-10-7-17-35(4)32(45-35)31-26(16-14-24)22(3)34(40)44-31/h9-10,20,25-26,29-32,38H,2-3,5-8,11-19H2,1,4H3/b23-9+,24-10+/t20-,25-,26-,29+,30-,31-,32-,35+/m0/s1. The summed E-state index contributed by atoms with van der Waals surface area (Å²) in [6, 6.07) is 0. The Morgan fingerprint density at radius 3 is 2.02 bits per heavy atom. The van der Waals surface area contributed by atoms with Crippen molar-refractivity contribution < 1.29 is 48.0 Å². The van der Waals surface area contributed by atoms with Crippen LogP contribution in [0.3, 0.4) is 0 Å². The first-order chi connectivity index (χ1) is 21.5. The third-order valence-electron chi connectivity index (χ3n) is 10.1. The molecule has 10 nitrogen and oxygen atoms in total. The van der Waals surface area contributed by atoms with E-state index in [1.165, 1.54) is 0 Å². The zero-order chi connectivity index (χ0) is 32.3. The lowest BCUT2D eigenvalue weighted by Gasteiger charge is -2.28. The molecule has 0 amide bonds. The minimum Gasteiger partial charge on any atom is -0.461 e. The molecule has 246 valence electrons. The molecule has 0 spiro atoms. The topological polar surface area (TPSA) is 138 Å².